The molecule has 2 N–H and O–H groups in total. The zero-order chi connectivity index (χ0) is 20.7. The fourth-order valence-electron chi connectivity index (χ4n) is 4.61. The van der Waals surface area contributed by atoms with Gasteiger partial charge in [0, 0.05) is 25.0 Å². The Morgan fingerprint density at radius 2 is 1.93 bits per heavy atom. The van der Waals surface area contributed by atoms with E-state index in [-0.39, 0.29) is 35.7 Å². The smallest absolute Gasteiger partial charge is 0.237 e. The monoisotopic (exact) mass is 435 g/mol. The number of piperidine rings is 1. The van der Waals surface area contributed by atoms with Crippen molar-refractivity contribution in [2.75, 3.05) is 26.2 Å². The number of nitrogens with zero attached hydrogens (tertiary/aromatic N) is 1. The Balaban J connectivity index is 0.00000320. The molecule has 30 heavy (non-hydrogen) atoms. The largest absolute Gasteiger partial charge is 0.354 e. The number of benzene rings is 1. The first kappa shape index (κ1) is 24.7. The van der Waals surface area contributed by atoms with Crippen LogP contribution in [0.4, 0.5) is 0 Å². The maximum atomic E-state index is 13.2. The highest BCUT2D eigenvalue weighted by molar-refractivity contribution is 5.85. The molecule has 0 aliphatic carbocycles. The molecule has 2 heterocycles. The van der Waals surface area contributed by atoms with Crippen LogP contribution in [0.25, 0.3) is 0 Å². The topological polar surface area (TPSA) is 61.4 Å². The Kier molecular flexibility index (Phi) is 9.63. The van der Waals surface area contributed by atoms with Gasteiger partial charge in [-0.1, -0.05) is 44.2 Å². The highest BCUT2D eigenvalue weighted by Gasteiger charge is 2.34. The third-order valence-electron chi connectivity index (χ3n) is 6.44. The minimum absolute atomic E-state index is 0. The van der Waals surface area contributed by atoms with Crippen LogP contribution in [0.3, 0.4) is 0 Å². The van der Waals surface area contributed by atoms with E-state index < -0.39 is 0 Å². The zero-order valence-corrected chi connectivity index (χ0v) is 19.3. The van der Waals surface area contributed by atoms with E-state index in [1.807, 2.05) is 11.0 Å². The van der Waals surface area contributed by atoms with Crippen molar-refractivity contribution < 1.29 is 9.59 Å². The number of halogens is 1. The van der Waals surface area contributed by atoms with E-state index in [2.05, 4.69) is 48.7 Å². The minimum Gasteiger partial charge on any atom is -0.354 e. The van der Waals surface area contributed by atoms with Gasteiger partial charge >= 0.3 is 0 Å². The molecule has 168 valence electrons. The summed E-state index contributed by atoms with van der Waals surface area (Å²) in [6.07, 6.45) is 7.03. The van der Waals surface area contributed by atoms with Crippen molar-refractivity contribution in [3.8, 4) is 0 Å². The molecule has 3 rings (SSSR count). The van der Waals surface area contributed by atoms with Crippen LogP contribution >= 0.6 is 12.4 Å². The summed E-state index contributed by atoms with van der Waals surface area (Å²) in [6, 6.07) is 10.5. The number of carbonyl (C=O) groups excluding carboxylic acids is 2. The third kappa shape index (κ3) is 6.98. The van der Waals surface area contributed by atoms with Crippen LogP contribution < -0.4 is 10.6 Å². The van der Waals surface area contributed by atoms with Crippen LogP contribution in [0, 0.1) is 11.3 Å². The van der Waals surface area contributed by atoms with Crippen molar-refractivity contribution in [1.82, 2.24) is 15.5 Å². The lowest BCUT2D eigenvalue weighted by atomic mass is 9.84. The number of amides is 2. The summed E-state index contributed by atoms with van der Waals surface area (Å²) in [5.74, 6) is 0.740. The summed E-state index contributed by atoms with van der Waals surface area (Å²) in [4.78, 5) is 27.5. The Morgan fingerprint density at radius 3 is 2.63 bits per heavy atom. The van der Waals surface area contributed by atoms with E-state index in [4.69, 9.17) is 0 Å². The molecule has 2 atom stereocenters. The summed E-state index contributed by atoms with van der Waals surface area (Å²) in [5, 5.41) is 6.35. The molecular weight excluding hydrogens is 398 g/mol. The molecule has 1 aromatic rings. The summed E-state index contributed by atoms with van der Waals surface area (Å²) in [5.41, 5.74) is 0.995. The molecule has 5 nitrogen and oxygen atoms in total. The summed E-state index contributed by atoms with van der Waals surface area (Å²) in [6.45, 7) is 7.38. The molecule has 2 aliphatic heterocycles. The van der Waals surface area contributed by atoms with Crippen LogP contribution in [0.5, 0.6) is 0 Å². The quantitative estimate of drug-likeness (QED) is 0.656. The van der Waals surface area contributed by atoms with E-state index in [1.54, 1.807) is 0 Å². The lowest BCUT2D eigenvalue weighted by molar-refractivity contribution is -0.142. The first-order chi connectivity index (χ1) is 14.0. The molecule has 2 saturated heterocycles. The fraction of sp³-hybridized carbons (Fsp3) is 0.667. The van der Waals surface area contributed by atoms with Gasteiger partial charge in [-0.2, -0.15) is 0 Å². The predicted molar refractivity (Wildman–Crippen MR) is 124 cm³/mol. The molecule has 0 radical (unpaired) electrons. The molecular formula is C24H38ClN3O2. The molecule has 0 bridgehead atoms. The first-order valence-corrected chi connectivity index (χ1v) is 11.3. The van der Waals surface area contributed by atoms with Gasteiger partial charge in [0.1, 0.15) is 0 Å². The van der Waals surface area contributed by atoms with Crippen LogP contribution in [-0.4, -0.2) is 48.9 Å². The Bertz CT molecular complexity index is 674. The molecule has 0 saturated carbocycles. The summed E-state index contributed by atoms with van der Waals surface area (Å²) in [7, 11) is 0. The molecule has 2 unspecified atom stereocenters. The Morgan fingerprint density at radius 1 is 1.17 bits per heavy atom. The van der Waals surface area contributed by atoms with E-state index >= 15 is 0 Å². The van der Waals surface area contributed by atoms with Crippen molar-refractivity contribution in [3.05, 3.63) is 35.9 Å². The number of aryl methyl sites for hydroxylation is 1. The van der Waals surface area contributed by atoms with Gasteiger partial charge in [0.15, 0.2) is 0 Å². The number of likely N-dealkylation sites (tertiary alicyclic amines) is 1. The number of hydrogen-bond acceptors (Lipinski definition) is 3. The summed E-state index contributed by atoms with van der Waals surface area (Å²) >= 11 is 0. The molecule has 2 aliphatic rings. The standard InChI is InChI=1S/C24H37N3O2.ClH/c1-24(2,14-6-11-19-9-4-3-5-10-19)23(29)27-16-8-12-20(18-27)17-26-22(28)21-13-7-15-25-21;/h3-5,9-10,20-21,25H,6-8,11-18H2,1-2H3,(H,26,28);1H. The molecule has 6 heteroatoms. The maximum Gasteiger partial charge on any atom is 0.237 e. The highest BCUT2D eigenvalue weighted by atomic mass is 35.5. The van der Waals surface area contributed by atoms with E-state index in [0.29, 0.717) is 12.5 Å². The molecule has 2 amide bonds. The molecule has 2 fully saturated rings. The van der Waals surface area contributed by atoms with Gasteiger partial charge in [-0.25, -0.2) is 0 Å². The zero-order valence-electron chi connectivity index (χ0n) is 18.5. The van der Waals surface area contributed by atoms with Crippen molar-refractivity contribution in [3.63, 3.8) is 0 Å². The normalized spacial score (nSPS) is 21.7. The molecule has 0 spiro atoms. The average molecular weight is 436 g/mol. The van der Waals surface area contributed by atoms with Crippen molar-refractivity contribution >= 4 is 24.2 Å². The van der Waals surface area contributed by atoms with Gasteiger partial charge < -0.3 is 15.5 Å². The van der Waals surface area contributed by atoms with E-state index in [1.165, 1.54) is 5.56 Å². The van der Waals surface area contributed by atoms with E-state index in [0.717, 1.165) is 64.6 Å². The number of nitrogens with one attached hydrogen (secondary N) is 2. The van der Waals surface area contributed by atoms with Gasteiger partial charge in [0.25, 0.3) is 0 Å². The predicted octanol–water partition coefficient (Wildman–Crippen LogP) is 3.56. The van der Waals surface area contributed by atoms with Gasteiger partial charge in [-0.05, 0) is 63.0 Å². The van der Waals surface area contributed by atoms with Crippen molar-refractivity contribution in [2.45, 2.75) is 64.8 Å². The van der Waals surface area contributed by atoms with Crippen LogP contribution in [0.1, 0.15) is 57.9 Å². The lowest BCUT2D eigenvalue weighted by Crippen LogP contribution is -2.49. The second-order valence-electron chi connectivity index (χ2n) is 9.38. The van der Waals surface area contributed by atoms with Gasteiger partial charge in [0.2, 0.25) is 11.8 Å². The molecule has 0 aromatic heterocycles. The number of rotatable bonds is 8. The van der Waals surface area contributed by atoms with Crippen molar-refractivity contribution in [1.29, 1.82) is 0 Å². The van der Waals surface area contributed by atoms with Crippen molar-refractivity contribution in [2.24, 2.45) is 11.3 Å². The number of hydrogen-bond donors (Lipinski definition) is 2. The fourth-order valence-corrected chi connectivity index (χ4v) is 4.61. The minimum atomic E-state index is -0.340. The van der Waals surface area contributed by atoms with Gasteiger partial charge in [-0.15, -0.1) is 12.4 Å². The first-order valence-electron chi connectivity index (χ1n) is 11.3. The van der Waals surface area contributed by atoms with E-state index in [9.17, 15) is 9.59 Å². The van der Waals surface area contributed by atoms with Crippen LogP contribution in [-0.2, 0) is 16.0 Å². The summed E-state index contributed by atoms with van der Waals surface area (Å²) < 4.78 is 0. The van der Waals surface area contributed by atoms with Gasteiger partial charge in [-0.3, -0.25) is 9.59 Å². The van der Waals surface area contributed by atoms with Gasteiger partial charge in [0.05, 0.1) is 6.04 Å². The number of carbonyl (C=O) groups is 2. The van der Waals surface area contributed by atoms with Crippen LogP contribution in [0.15, 0.2) is 30.3 Å². The lowest BCUT2D eigenvalue weighted by Gasteiger charge is -2.38. The Labute approximate surface area is 187 Å². The molecule has 1 aromatic carbocycles. The Hall–Kier alpha value is -1.59. The highest BCUT2D eigenvalue weighted by Crippen LogP contribution is 2.29. The van der Waals surface area contributed by atoms with Crippen LogP contribution in [0.2, 0.25) is 0 Å². The second-order valence-corrected chi connectivity index (χ2v) is 9.38. The SMILES string of the molecule is CC(C)(CCCc1ccccc1)C(=O)N1CCCC(CNC(=O)C2CCCN2)C1.Cl. The second kappa shape index (κ2) is 11.7. The average Bonchev–Trinajstić information content (AvgIpc) is 3.27. The maximum absolute atomic E-state index is 13.2. The third-order valence-corrected chi connectivity index (χ3v) is 6.44.